The lowest BCUT2D eigenvalue weighted by molar-refractivity contribution is 0.237. The first-order valence-electron chi connectivity index (χ1n) is 8.75. The summed E-state index contributed by atoms with van der Waals surface area (Å²) in [6.07, 6.45) is 6.75. The number of H-pyrrole nitrogens is 1. The quantitative estimate of drug-likeness (QED) is 0.938. The summed E-state index contributed by atoms with van der Waals surface area (Å²) in [6.45, 7) is 1.46. The highest BCUT2D eigenvalue weighted by molar-refractivity contribution is 5.34. The molecule has 124 valence electrons. The minimum atomic E-state index is -0.238. The molecule has 1 aromatic heterocycles. The molecule has 0 amide bonds. The fourth-order valence-corrected chi connectivity index (χ4v) is 3.94. The number of nitrogens with zero attached hydrogens (tertiary/aromatic N) is 3. The molecular weight excluding hydrogens is 303 g/mol. The van der Waals surface area contributed by atoms with Crippen LogP contribution in [0.25, 0.3) is 0 Å². The van der Waals surface area contributed by atoms with Crippen molar-refractivity contribution in [3.8, 4) is 6.07 Å². The number of halogens is 1. The summed E-state index contributed by atoms with van der Waals surface area (Å²) in [5.74, 6) is 0.801. The number of aromatic nitrogens is 2. The molecule has 0 unspecified atom stereocenters. The topological polar surface area (TPSA) is 55.7 Å². The molecule has 1 fully saturated rings. The number of nitrogens with one attached hydrogen (secondary N) is 1. The van der Waals surface area contributed by atoms with Crippen molar-refractivity contribution in [2.24, 2.45) is 0 Å². The summed E-state index contributed by atoms with van der Waals surface area (Å²) < 4.78 is 14.1. The minimum Gasteiger partial charge on any atom is -0.344 e. The lowest BCUT2D eigenvalue weighted by atomic mass is 10.0. The smallest absolute Gasteiger partial charge is 0.127 e. The number of aromatic amines is 1. The van der Waals surface area contributed by atoms with Crippen LogP contribution in [0.1, 0.15) is 60.1 Å². The first kappa shape index (κ1) is 15.3. The van der Waals surface area contributed by atoms with Gasteiger partial charge < -0.3 is 4.98 Å². The number of hydrogen-bond donors (Lipinski definition) is 1. The van der Waals surface area contributed by atoms with Crippen LogP contribution in [0.3, 0.4) is 0 Å². The van der Waals surface area contributed by atoms with Crippen molar-refractivity contribution >= 4 is 0 Å². The van der Waals surface area contributed by atoms with Crippen LogP contribution < -0.4 is 0 Å². The Hall–Kier alpha value is -2.19. The van der Waals surface area contributed by atoms with Gasteiger partial charge >= 0.3 is 0 Å². The predicted octanol–water partition coefficient (Wildman–Crippen LogP) is 3.64. The Morgan fingerprint density at radius 1 is 1.29 bits per heavy atom. The number of benzene rings is 1. The average molecular weight is 324 g/mol. The highest BCUT2D eigenvalue weighted by atomic mass is 19.1. The molecule has 1 saturated heterocycles. The third-order valence-electron chi connectivity index (χ3n) is 5.20. The molecule has 5 heteroatoms. The molecule has 2 aromatic rings. The van der Waals surface area contributed by atoms with Gasteiger partial charge in [-0.1, -0.05) is 0 Å². The van der Waals surface area contributed by atoms with Gasteiger partial charge in [0.2, 0.25) is 0 Å². The summed E-state index contributed by atoms with van der Waals surface area (Å²) in [5, 5.41) is 9.04. The summed E-state index contributed by atoms with van der Waals surface area (Å²) in [7, 11) is 0. The third kappa shape index (κ3) is 2.83. The summed E-state index contributed by atoms with van der Waals surface area (Å²) in [4.78, 5) is 10.6. The minimum absolute atomic E-state index is 0.223. The number of rotatable bonds is 3. The number of imidazole rings is 1. The molecule has 1 aliphatic heterocycles. The summed E-state index contributed by atoms with van der Waals surface area (Å²) in [6, 6.07) is 6.90. The maximum atomic E-state index is 14.1. The number of aryl methyl sites for hydroxylation is 2. The van der Waals surface area contributed by atoms with Crippen molar-refractivity contribution in [3.63, 3.8) is 0 Å². The van der Waals surface area contributed by atoms with Crippen molar-refractivity contribution < 1.29 is 4.39 Å². The Balaban J connectivity index is 1.57. The largest absolute Gasteiger partial charge is 0.344 e. The standard InChI is InChI=1S/C19H21FN4/c20-15-8-7-13(11-21)10-14(15)12-24-9-3-6-18(24)19-22-16-4-1-2-5-17(16)23-19/h7-8,10,18H,1-6,9,12H2,(H,22,23)/t18-/m0/s1. The summed E-state index contributed by atoms with van der Waals surface area (Å²) >= 11 is 0. The molecule has 24 heavy (non-hydrogen) atoms. The molecule has 0 saturated carbocycles. The Morgan fingerprint density at radius 3 is 3.00 bits per heavy atom. The van der Waals surface area contributed by atoms with Gasteiger partial charge in [0.15, 0.2) is 0 Å². The molecule has 1 atom stereocenters. The van der Waals surface area contributed by atoms with E-state index in [4.69, 9.17) is 10.2 Å². The third-order valence-corrected chi connectivity index (χ3v) is 5.20. The van der Waals surface area contributed by atoms with Crippen molar-refractivity contribution in [2.75, 3.05) is 6.54 Å². The lowest BCUT2D eigenvalue weighted by Gasteiger charge is -2.23. The second-order valence-electron chi connectivity index (χ2n) is 6.80. The van der Waals surface area contributed by atoms with E-state index in [2.05, 4.69) is 16.0 Å². The first-order valence-corrected chi connectivity index (χ1v) is 8.75. The van der Waals surface area contributed by atoms with Crippen LogP contribution in [0.15, 0.2) is 18.2 Å². The van der Waals surface area contributed by atoms with Gasteiger partial charge in [-0.15, -0.1) is 0 Å². The Kier molecular flexibility index (Phi) is 4.07. The van der Waals surface area contributed by atoms with Gasteiger partial charge in [0, 0.05) is 17.8 Å². The average Bonchev–Trinajstić information content (AvgIpc) is 3.22. The fraction of sp³-hybridized carbons (Fsp3) is 0.474. The molecule has 0 radical (unpaired) electrons. The fourth-order valence-electron chi connectivity index (χ4n) is 3.94. The van der Waals surface area contributed by atoms with Crippen LogP contribution in [0.4, 0.5) is 4.39 Å². The van der Waals surface area contributed by atoms with Gasteiger partial charge in [0.25, 0.3) is 0 Å². The second kappa shape index (κ2) is 6.37. The van der Waals surface area contributed by atoms with E-state index in [-0.39, 0.29) is 11.9 Å². The van der Waals surface area contributed by atoms with Crippen LogP contribution in [0, 0.1) is 17.1 Å². The maximum absolute atomic E-state index is 14.1. The van der Waals surface area contributed by atoms with Gasteiger partial charge in [-0.2, -0.15) is 5.26 Å². The number of likely N-dealkylation sites (tertiary alicyclic amines) is 1. The Labute approximate surface area is 141 Å². The monoisotopic (exact) mass is 324 g/mol. The van der Waals surface area contributed by atoms with Gasteiger partial charge in [-0.25, -0.2) is 9.37 Å². The van der Waals surface area contributed by atoms with E-state index in [0.717, 1.165) is 38.1 Å². The van der Waals surface area contributed by atoms with Gasteiger partial charge in [0.1, 0.15) is 11.6 Å². The van der Waals surface area contributed by atoms with Crippen LogP contribution in [-0.4, -0.2) is 21.4 Å². The van der Waals surface area contributed by atoms with E-state index in [1.54, 1.807) is 6.07 Å². The Morgan fingerprint density at radius 2 is 2.17 bits per heavy atom. The highest BCUT2D eigenvalue weighted by Crippen LogP contribution is 2.33. The second-order valence-corrected chi connectivity index (χ2v) is 6.80. The number of hydrogen-bond acceptors (Lipinski definition) is 3. The van der Waals surface area contributed by atoms with Crippen LogP contribution in [0.5, 0.6) is 0 Å². The van der Waals surface area contributed by atoms with Gasteiger partial charge in [-0.05, 0) is 63.3 Å². The maximum Gasteiger partial charge on any atom is 0.127 e. The molecule has 0 bridgehead atoms. The normalized spacial score (nSPS) is 20.8. The van der Waals surface area contributed by atoms with Crippen LogP contribution in [-0.2, 0) is 19.4 Å². The molecule has 1 aromatic carbocycles. The molecular formula is C19H21FN4. The van der Waals surface area contributed by atoms with Crippen LogP contribution >= 0.6 is 0 Å². The van der Waals surface area contributed by atoms with E-state index < -0.39 is 0 Å². The SMILES string of the molecule is N#Cc1ccc(F)c(CN2CCC[C@H]2c2nc3c([nH]2)CCCC3)c1. The van der Waals surface area contributed by atoms with Crippen molar-refractivity contribution in [1.29, 1.82) is 5.26 Å². The Bertz CT molecular complexity index is 766. The predicted molar refractivity (Wildman–Crippen MR) is 88.7 cm³/mol. The zero-order valence-electron chi connectivity index (χ0n) is 13.7. The van der Waals surface area contributed by atoms with Gasteiger partial charge in [-0.3, -0.25) is 4.90 Å². The van der Waals surface area contributed by atoms with E-state index >= 15 is 0 Å². The molecule has 4 nitrogen and oxygen atoms in total. The van der Waals surface area contributed by atoms with E-state index in [0.29, 0.717) is 17.7 Å². The lowest BCUT2D eigenvalue weighted by Crippen LogP contribution is -2.24. The molecule has 4 rings (SSSR count). The van der Waals surface area contributed by atoms with Crippen LogP contribution in [0.2, 0.25) is 0 Å². The van der Waals surface area contributed by atoms with E-state index in [1.807, 2.05) is 0 Å². The van der Waals surface area contributed by atoms with Crippen molar-refractivity contribution in [3.05, 3.63) is 52.4 Å². The zero-order valence-corrected chi connectivity index (χ0v) is 13.7. The number of nitriles is 1. The molecule has 2 heterocycles. The molecule has 2 aliphatic rings. The number of fused-ring (bicyclic) bond motifs is 1. The van der Waals surface area contributed by atoms with Crippen molar-refractivity contribution in [1.82, 2.24) is 14.9 Å². The van der Waals surface area contributed by atoms with Crippen molar-refractivity contribution in [2.45, 2.75) is 51.1 Å². The molecule has 0 spiro atoms. The first-order chi connectivity index (χ1) is 11.7. The molecule has 1 N–H and O–H groups in total. The van der Waals surface area contributed by atoms with Gasteiger partial charge in [0.05, 0.1) is 23.4 Å². The summed E-state index contributed by atoms with van der Waals surface area (Å²) in [5.41, 5.74) is 3.62. The van der Waals surface area contributed by atoms with E-state index in [1.165, 1.54) is 36.4 Å². The highest BCUT2D eigenvalue weighted by Gasteiger charge is 2.30. The zero-order chi connectivity index (χ0) is 16.5. The molecule has 1 aliphatic carbocycles. The van der Waals surface area contributed by atoms with E-state index in [9.17, 15) is 4.39 Å².